The predicted octanol–water partition coefficient (Wildman–Crippen LogP) is 11.2. The number of nitrogens with zero attached hydrogens (tertiary/aromatic N) is 4. The molecule has 1 aliphatic rings. The van der Waals surface area contributed by atoms with Gasteiger partial charge >= 0.3 is 0 Å². The normalized spacial score (nSPS) is 12.6. The Morgan fingerprint density at radius 1 is 0.375 bits per heavy atom. The van der Waals surface area contributed by atoms with Gasteiger partial charge < -0.3 is 4.40 Å². The van der Waals surface area contributed by atoms with Gasteiger partial charge in [0.15, 0.2) is 5.82 Å². The first-order chi connectivity index (χ1) is 23.8. The molecule has 0 amide bonds. The molecule has 48 heavy (non-hydrogen) atoms. The molecule has 0 radical (unpaired) electrons. The van der Waals surface area contributed by atoms with Gasteiger partial charge in [-0.15, -0.1) is 0 Å². The van der Waals surface area contributed by atoms with Gasteiger partial charge in [0.2, 0.25) is 0 Å². The highest BCUT2D eigenvalue weighted by atomic mass is 15.1. The molecule has 0 atom stereocenters. The van der Waals surface area contributed by atoms with E-state index in [9.17, 15) is 0 Å². The van der Waals surface area contributed by atoms with E-state index >= 15 is 0 Å². The summed E-state index contributed by atoms with van der Waals surface area (Å²) in [5.74, 6) is 0.873. The van der Waals surface area contributed by atoms with Crippen molar-refractivity contribution in [3.05, 3.63) is 146 Å². The average molecular weight is 609 g/mol. The molecule has 1 aliphatic heterocycles. The third-order valence-corrected chi connectivity index (χ3v) is 10.6. The number of rotatable bonds is 1. The van der Waals surface area contributed by atoms with E-state index in [0.717, 1.165) is 33.6 Å². The molecule has 7 aromatic carbocycles. The SMILES string of the molecule is c1ccc2c(c1)-c1nc3ccccc3nc1-n1c3ccccc3c3cc(-c4ccc5c6cccc7c8ccccc8n(c5c4)c76)cc-2c31. The van der Waals surface area contributed by atoms with Crippen molar-refractivity contribution in [1.82, 2.24) is 18.9 Å². The number of benzene rings is 7. The highest BCUT2D eigenvalue weighted by molar-refractivity contribution is 6.24. The predicted molar refractivity (Wildman–Crippen MR) is 198 cm³/mol. The Morgan fingerprint density at radius 3 is 1.85 bits per heavy atom. The molecule has 5 heterocycles. The molecule has 12 rings (SSSR count). The Bertz CT molecular complexity index is 3180. The summed E-state index contributed by atoms with van der Waals surface area (Å²) in [7, 11) is 0. The van der Waals surface area contributed by atoms with E-state index in [-0.39, 0.29) is 0 Å². The van der Waals surface area contributed by atoms with E-state index in [1.165, 1.54) is 76.6 Å². The van der Waals surface area contributed by atoms with E-state index in [1.807, 2.05) is 12.1 Å². The van der Waals surface area contributed by atoms with Crippen LogP contribution in [0.1, 0.15) is 0 Å². The molecule has 0 aliphatic carbocycles. The van der Waals surface area contributed by atoms with Crippen LogP contribution in [0, 0.1) is 0 Å². The summed E-state index contributed by atoms with van der Waals surface area (Å²) < 4.78 is 4.81. The molecule has 0 spiro atoms. The number of para-hydroxylation sites is 5. The minimum absolute atomic E-state index is 0.873. The summed E-state index contributed by atoms with van der Waals surface area (Å²) >= 11 is 0. The van der Waals surface area contributed by atoms with Crippen LogP contribution in [0.15, 0.2) is 146 Å². The standard InChI is InChI=1S/C44H24N4/c1-2-13-31-27(10-1)34-22-26(25-20-21-30-33-15-9-14-32-28-11-3-7-18-38(28)47(42(32)33)40(30)24-25)23-35-29-12-4-8-19-39(29)48(43(34)35)44-41(31)45-36-16-5-6-17-37(36)46-44/h1-24H. The highest BCUT2D eigenvalue weighted by Crippen LogP contribution is 2.48. The van der Waals surface area contributed by atoms with Crippen LogP contribution in [0.25, 0.3) is 110 Å². The lowest BCUT2D eigenvalue weighted by molar-refractivity contribution is 1.09. The summed E-state index contributed by atoms with van der Waals surface area (Å²) in [6.45, 7) is 0. The van der Waals surface area contributed by atoms with Gasteiger partial charge in [0.25, 0.3) is 0 Å². The van der Waals surface area contributed by atoms with Crippen molar-refractivity contribution in [3.63, 3.8) is 0 Å². The van der Waals surface area contributed by atoms with Gasteiger partial charge in [-0.05, 0) is 59.2 Å². The van der Waals surface area contributed by atoms with E-state index in [2.05, 4.69) is 142 Å². The van der Waals surface area contributed by atoms with Gasteiger partial charge in [-0.25, -0.2) is 9.97 Å². The largest absolute Gasteiger partial charge is 0.308 e. The molecule has 0 N–H and O–H groups in total. The molecule has 4 aromatic heterocycles. The number of hydrogen-bond acceptors (Lipinski definition) is 2. The first kappa shape index (κ1) is 24.7. The zero-order valence-corrected chi connectivity index (χ0v) is 25.6. The van der Waals surface area contributed by atoms with Crippen molar-refractivity contribution < 1.29 is 0 Å². The number of hydrogen-bond donors (Lipinski definition) is 0. The average Bonchev–Trinajstić information content (AvgIpc) is 3.76. The third kappa shape index (κ3) is 2.96. The lowest BCUT2D eigenvalue weighted by Crippen LogP contribution is -2.02. The van der Waals surface area contributed by atoms with Gasteiger partial charge in [0.1, 0.15) is 5.69 Å². The fourth-order valence-electron chi connectivity index (χ4n) is 8.55. The molecule has 4 nitrogen and oxygen atoms in total. The third-order valence-electron chi connectivity index (χ3n) is 10.6. The Labute approximate surface area is 274 Å². The first-order valence-electron chi connectivity index (χ1n) is 16.4. The second-order valence-corrected chi connectivity index (χ2v) is 13.0. The Kier molecular flexibility index (Phi) is 4.44. The minimum Gasteiger partial charge on any atom is -0.308 e. The fraction of sp³-hybridized carbons (Fsp3) is 0. The second kappa shape index (κ2) is 8.64. The Morgan fingerprint density at radius 2 is 1.02 bits per heavy atom. The molecule has 0 saturated carbocycles. The quantitative estimate of drug-likeness (QED) is 0.186. The van der Waals surface area contributed by atoms with Crippen LogP contribution >= 0.6 is 0 Å². The van der Waals surface area contributed by atoms with Crippen LogP contribution in [-0.2, 0) is 0 Å². The minimum atomic E-state index is 0.873. The number of fused-ring (bicyclic) bond motifs is 15. The molecule has 0 fully saturated rings. The zero-order valence-electron chi connectivity index (χ0n) is 25.6. The molecule has 4 heteroatoms. The maximum absolute atomic E-state index is 5.30. The summed E-state index contributed by atoms with van der Waals surface area (Å²) in [4.78, 5) is 10.6. The maximum Gasteiger partial charge on any atom is 0.165 e. The second-order valence-electron chi connectivity index (χ2n) is 13.0. The van der Waals surface area contributed by atoms with Crippen molar-refractivity contribution in [1.29, 1.82) is 0 Å². The van der Waals surface area contributed by atoms with Gasteiger partial charge in [-0.2, -0.15) is 0 Å². The summed E-state index contributed by atoms with van der Waals surface area (Å²) in [6.07, 6.45) is 0. The van der Waals surface area contributed by atoms with Crippen molar-refractivity contribution in [2.75, 3.05) is 0 Å². The highest BCUT2D eigenvalue weighted by Gasteiger charge is 2.27. The zero-order chi connectivity index (χ0) is 31.1. The molecule has 0 bridgehead atoms. The lowest BCUT2D eigenvalue weighted by Gasteiger charge is -2.12. The van der Waals surface area contributed by atoms with Crippen LogP contribution in [0.4, 0.5) is 0 Å². The molecule has 0 unspecified atom stereocenters. The number of aromatic nitrogens is 4. The maximum atomic E-state index is 5.30. The fourth-order valence-corrected chi connectivity index (χ4v) is 8.55. The van der Waals surface area contributed by atoms with Crippen molar-refractivity contribution in [2.24, 2.45) is 0 Å². The van der Waals surface area contributed by atoms with Crippen LogP contribution in [0.2, 0.25) is 0 Å². The topological polar surface area (TPSA) is 35.1 Å². The smallest absolute Gasteiger partial charge is 0.165 e. The van der Waals surface area contributed by atoms with Crippen molar-refractivity contribution >= 4 is 70.9 Å². The van der Waals surface area contributed by atoms with Gasteiger partial charge in [-0.1, -0.05) is 103 Å². The summed E-state index contributed by atoms with van der Waals surface area (Å²) in [5.41, 5.74) is 14.6. The van der Waals surface area contributed by atoms with Gasteiger partial charge in [0.05, 0.1) is 38.6 Å². The molecular formula is C44H24N4. The van der Waals surface area contributed by atoms with Crippen LogP contribution < -0.4 is 0 Å². The molecular weight excluding hydrogens is 585 g/mol. The Hall–Kier alpha value is -6.52. The van der Waals surface area contributed by atoms with Crippen molar-refractivity contribution in [3.8, 4) is 39.3 Å². The van der Waals surface area contributed by atoms with E-state index < -0.39 is 0 Å². The van der Waals surface area contributed by atoms with Gasteiger partial charge in [0, 0.05) is 43.4 Å². The van der Waals surface area contributed by atoms with E-state index in [4.69, 9.17) is 9.97 Å². The van der Waals surface area contributed by atoms with Crippen LogP contribution in [0.5, 0.6) is 0 Å². The van der Waals surface area contributed by atoms with E-state index in [1.54, 1.807) is 0 Å². The van der Waals surface area contributed by atoms with E-state index in [0.29, 0.717) is 0 Å². The van der Waals surface area contributed by atoms with Crippen LogP contribution in [-0.4, -0.2) is 18.9 Å². The molecule has 0 saturated heterocycles. The van der Waals surface area contributed by atoms with Gasteiger partial charge in [-0.3, -0.25) is 4.57 Å². The van der Waals surface area contributed by atoms with Crippen LogP contribution in [0.3, 0.4) is 0 Å². The molecule has 11 aromatic rings. The molecule has 220 valence electrons. The lowest BCUT2D eigenvalue weighted by atomic mass is 9.92. The summed E-state index contributed by atoms with van der Waals surface area (Å²) in [6, 6.07) is 52.8. The monoisotopic (exact) mass is 608 g/mol. The summed E-state index contributed by atoms with van der Waals surface area (Å²) in [5, 5.41) is 7.62. The van der Waals surface area contributed by atoms with Crippen molar-refractivity contribution in [2.45, 2.75) is 0 Å². The first-order valence-corrected chi connectivity index (χ1v) is 16.4. The Balaban J connectivity index is 1.22.